The molecule has 6 nitrogen and oxygen atoms in total. The van der Waals surface area contributed by atoms with Crippen LogP contribution in [-0.2, 0) is 12.8 Å². The quantitative estimate of drug-likeness (QED) is 0.658. The number of pyridine rings is 1. The molecule has 0 radical (unpaired) electrons. The first kappa shape index (κ1) is 19.3. The molecule has 0 atom stereocenters. The number of aromatic nitrogens is 1. The average molecular weight is 376 g/mol. The van der Waals surface area contributed by atoms with Crippen molar-refractivity contribution in [2.45, 2.75) is 25.7 Å². The lowest BCUT2D eigenvalue weighted by atomic mass is 9.93. The van der Waals surface area contributed by atoms with Crippen molar-refractivity contribution in [2.75, 3.05) is 25.7 Å². The first-order valence-electron chi connectivity index (χ1n) is 9.17. The topological polar surface area (TPSA) is 107 Å². The van der Waals surface area contributed by atoms with E-state index in [1.54, 1.807) is 25.3 Å². The third kappa shape index (κ3) is 3.65. The molecule has 6 heteroatoms. The Morgan fingerprint density at radius 1 is 0.964 bits per heavy atom. The first-order valence-corrected chi connectivity index (χ1v) is 9.17. The first-order chi connectivity index (χ1) is 13.6. The molecule has 3 aromatic rings. The number of methoxy groups -OCH3 is 2. The summed E-state index contributed by atoms with van der Waals surface area (Å²) in [4.78, 5) is 4.73. The van der Waals surface area contributed by atoms with Crippen LogP contribution in [0.2, 0.25) is 0 Å². The molecule has 28 heavy (non-hydrogen) atoms. The molecule has 0 bridgehead atoms. The number of hydrogen-bond donors (Lipinski definition) is 2. The number of ether oxygens (including phenoxy) is 2. The summed E-state index contributed by atoms with van der Waals surface area (Å²) in [6.07, 6.45) is 4.52. The van der Waals surface area contributed by atoms with Crippen LogP contribution < -0.4 is 20.9 Å². The Morgan fingerprint density at radius 2 is 1.64 bits per heavy atom. The van der Waals surface area contributed by atoms with Crippen LogP contribution in [0.1, 0.15) is 29.7 Å². The lowest BCUT2D eigenvalue weighted by Gasteiger charge is -2.19. The lowest BCUT2D eigenvalue weighted by Crippen LogP contribution is -2.09. The van der Waals surface area contributed by atoms with Crippen LogP contribution in [-0.4, -0.2) is 19.2 Å². The number of nitrogen functional groups attached to an aromatic ring is 2. The van der Waals surface area contributed by atoms with Crippen LogP contribution in [0.25, 0.3) is 10.9 Å². The maximum absolute atomic E-state index is 8.62. The Morgan fingerprint density at radius 3 is 2.32 bits per heavy atom. The van der Waals surface area contributed by atoms with E-state index in [2.05, 4.69) is 0 Å². The lowest BCUT2D eigenvalue weighted by molar-refractivity contribution is 0.414. The van der Waals surface area contributed by atoms with Crippen molar-refractivity contribution in [1.29, 1.82) is 5.26 Å². The highest BCUT2D eigenvalue weighted by Gasteiger charge is 2.18. The van der Waals surface area contributed by atoms with Crippen molar-refractivity contribution in [2.24, 2.45) is 0 Å². The number of rotatable bonds is 2. The Hall–Kier alpha value is -3.46. The van der Waals surface area contributed by atoms with Gasteiger partial charge in [-0.3, -0.25) is 4.98 Å². The number of hydrogen-bond acceptors (Lipinski definition) is 6. The van der Waals surface area contributed by atoms with Gasteiger partial charge in [-0.25, -0.2) is 0 Å². The molecule has 2 aromatic carbocycles. The molecule has 0 aliphatic heterocycles. The second kappa shape index (κ2) is 8.49. The van der Waals surface area contributed by atoms with Crippen molar-refractivity contribution in [3.8, 4) is 17.6 Å². The van der Waals surface area contributed by atoms with Gasteiger partial charge in [0.05, 0.1) is 30.8 Å². The highest BCUT2D eigenvalue weighted by atomic mass is 16.5. The number of aryl methyl sites for hydroxylation is 1. The summed E-state index contributed by atoms with van der Waals surface area (Å²) in [7, 11) is 3.18. The fourth-order valence-corrected chi connectivity index (χ4v) is 3.49. The molecule has 0 amide bonds. The highest BCUT2D eigenvalue weighted by molar-refractivity contribution is 5.97. The van der Waals surface area contributed by atoms with E-state index in [4.69, 9.17) is 31.2 Å². The Bertz CT molecular complexity index is 1040. The van der Waals surface area contributed by atoms with Gasteiger partial charge in [0.15, 0.2) is 0 Å². The molecule has 1 aliphatic carbocycles. The molecule has 144 valence electrons. The minimum atomic E-state index is 0.398. The molecule has 0 unspecified atom stereocenters. The molecule has 1 aliphatic rings. The van der Waals surface area contributed by atoms with E-state index in [0.717, 1.165) is 35.2 Å². The van der Waals surface area contributed by atoms with Gasteiger partial charge >= 0.3 is 0 Å². The third-order valence-corrected chi connectivity index (χ3v) is 4.90. The van der Waals surface area contributed by atoms with Gasteiger partial charge in [0.1, 0.15) is 23.1 Å². The number of nitrogens with zero attached hydrogens (tertiary/aromatic N) is 2. The molecular weight excluding hydrogens is 352 g/mol. The number of benzene rings is 2. The average Bonchev–Trinajstić information content (AvgIpc) is 2.73. The molecule has 0 spiro atoms. The molecule has 1 heterocycles. The van der Waals surface area contributed by atoms with Crippen LogP contribution in [0.15, 0.2) is 36.4 Å². The number of nitriles is 1. The minimum absolute atomic E-state index is 0.398. The van der Waals surface area contributed by atoms with Gasteiger partial charge in [-0.2, -0.15) is 5.26 Å². The standard InChI is InChI=1S/C14H16N2O.C8H8N2O/c1-17-12-8-4-7-11-13(12)14(15)9-5-2-3-6-10(9)16-11;1-11-8-4-2-3-7(10)6(8)5-9/h4,7-8H,2-3,5-6H2,1H3,(H2,15,16);2-4H,10H2,1H3. The van der Waals surface area contributed by atoms with Gasteiger partial charge in [-0.05, 0) is 55.5 Å². The van der Waals surface area contributed by atoms with E-state index in [-0.39, 0.29) is 0 Å². The van der Waals surface area contributed by atoms with Crippen molar-refractivity contribution in [3.05, 3.63) is 53.2 Å². The molecule has 0 saturated heterocycles. The second-order valence-corrected chi connectivity index (χ2v) is 6.55. The largest absolute Gasteiger partial charge is 0.496 e. The van der Waals surface area contributed by atoms with Gasteiger partial charge in [-0.1, -0.05) is 12.1 Å². The molecule has 1 aromatic heterocycles. The van der Waals surface area contributed by atoms with Crippen LogP contribution in [0.3, 0.4) is 0 Å². The molecule has 0 fully saturated rings. The van der Waals surface area contributed by atoms with Crippen LogP contribution >= 0.6 is 0 Å². The van der Waals surface area contributed by atoms with E-state index >= 15 is 0 Å². The van der Waals surface area contributed by atoms with Gasteiger partial charge in [0.25, 0.3) is 0 Å². The van der Waals surface area contributed by atoms with E-state index in [1.807, 2.05) is 24.3 Å². The zero-order valence-electron chi connectivity index (χ0n) is 16.2. The summed E-state index contributed by atoms with van der Waals surface area (Å²) >= 11 is 0. The maximum atomic E-state index is 8.62. The predicted octanol–water partition coefficient (Wildman–Crippen LogP) is 3.85. The van der Waals surface area contributed by atoms with Gasteiger partial charge in [0.2, 0.25) is 0 Å². The fraction of sp³-hybridized carbons (Fsp3) is 0.273. The highest BCUT2D eigenvalue weighted by Crippen LogP contribution is 2.35. The SMILES string of the molecule is COc1cccc(N)c1C#N.COc1cccc2nc3c(c(N)c12)CCCC3. The number of fused-ring (bicyclic) bond motifs is 2. The zero-order chi connectivity index (χ0) is 20.1. The maximum Gasteiger partial charge on any atom is 0.138 e. The Balaban J connectivity index is 0.000000178. The number of nitrogens with two attached hydrogens (primary N) is 2. The summed E-state index contributed by atoms with van der Waals surface area (Å²) in [6.45, 7) is 0. The predicted molar refractivity (Wildman–Crippen MR) is 111 cm³/mol. The second-order valence-electron chi connectivity index (χ2n) is 6.55. The summed E-state index contributed by atoms with van der Waals surface area (Å²) < 4.78 is 10.3. The normalized spacial score (nSPS) is 12.3. The van der Waals surface area contributed by atoms with Crippen molar-refractivity contribution >= 4 is 22.3 Å². The summed E-state index contributed by atoms with van der Waals surface area (Å²) in [5.41, 5.74) is 16.9. The molecule has 0 saturated carbocycles. The molecule has 4 rings (SSSR count). The Kier molecular flexibility index (Phi) is 5.85. The van der Waals surface area contributed by atoms with Crippen molar-refractivity contribution < 1.29 is 9.47 Å². The zero-order valence-corrected chi connectivity index (χ0v) is 16.2. The summed E-state index contributed by atoms with van der Waals surface area (Å²) in [5, 5.41) is 9.59. The van der Waals surface area contributed by atoms with Crippen LogP contribution in [0, 0.1) is 11.3 Å². The minimum Gasteiger partial charge on any atom is -0.496 e. The smallest absolute Gasteiger partial charge is 0.138 e. The fourth-order valence-electron chi connectivity index (χ4n) is 3.49. The molecule has 4 N–H and O–H groups in total. The monoisotopic (exact) mass is 376 g/mol. The van der Waals surface area contributed by atoms with Gasteiger partial charge in [0, 0.05) is 11.4 Å². The van der Waals surface area contributed by atoms with E-state index in [1.165, 1.54) is 31.2 Å². The third-order valence-electron chi connectivity index (χ3n) is 4.90. The summed E-state index contributed by atoms with van der Waals surface area (Å²) in [5.74, 6) is 1.34. The Labute approximate surface area is 164 Å². The molecular formula is C22H24N4O2. The van der Waals surface area contributed by atoms with Gasteiger partial charge < -0.3 is 20.9 Å². The van der Waals surface area contributed by atoms with Crippen molar-refractivity contribution in [1.82, 2.24) is 4.98 Å². The van der Waals surface area contributed by atoms with Gasteiger partial charge in [-0.15, -0.1) is 0 Å². The van der Waals surface area contributed by atoms with E-state index < -0.39 is 0 Å². The van der Waals surface area contributed by atoms with Crippen LogP contribution in [0.4, 0.5) is 11.4 Å². The number of anilines is 2. The van der Waals surface area contributed by atoms with E-state index in [0.29, 0.717) is 17.0 Å². The van der Waals surface area contributed by atoms with Crippen molar-refractivity contribution in [3.63, 3.8) is 0 Å². The summed E-state index contributed by atoms with van der Waals surface area (Å²) in [6, 6.07) is 13.0. The van der Waals surface area contributed by atoms with E-state index in [9.17, 15) is 0 Å². The van der Waals surface area contributed by atoms with Crippen LogP contribution in [0.5, 0.6) is 11.5 Å².